The van der Waals surface area contributed by atoms with E-state index in [-0.39, 0.29) is 11.7 Å². The molecule has 1 aromatic heterocycles. The molecule has 0 atom stereocenters. The van der Waals surface area contributed by atoms with Crippen LogP contribution >= 0.6 is 49.9 Å². The lowest BCUT2D eigenvalue weighted by Crippen LogP contribution is -2.12. The van der Waals surface area contributed by atoms with Gasteiger partial charge < -0.3 is 5.32 Å². The van der Waals surface area contributed by atoms with E-state index in [0.29, 0.717) is 21.3 Å². The number of anilines is 1. The van der Waals surface area contributed by atoms with Crippen LogP contribution in [-0.2, 0) is 0 Å². The topological polar surface area (TPSA) is 29.1 Å². The molecule has 0 saturated heterocycles. The molecule has 2 rings (SSSR count). The van der Waals surface area contributed by atoms with Gasteiger partial charge in [0.05, 0.1) is 12.9 Å². The molecule has 2 nitrogen and oxygen atoms in total. The molecule has 1 aromatic carbocycles. The fourth-order valence-corrected chi connectivity index (χ4v) is 3.07. The summed E-state index contributed by atoms with van der Waals surface area (Å²) in [5.74, 6) is -0.522. The zero-order valence-electron chi connectivity index (χ0n) is 9.26. The maximum atomic E-state index is 13.3. The third kappa shape index (κ3) is 3.10. The van der Waals surface area contributed by atoms with Crippen LogP contribution in [0.1, 0.15) is 15.9 Å². The number of hydrogen-bond acceptors (Lipinski definition) is 2. The number of benzene rings is 1. The Balaban J connectivity index is 2.24. The number of aryl methyl sites for hydroxylation is 1. The van der Waals surface area contributed by atoms with Gasteiger partial charge in [-0.3, -0.25) is 4.79 Å². The molecule has 0 saturated carbocycles. The summed E-state index contributed by atoms with van der Waals surface area (Å²) < 4.78 is 14.7. The molecule has 0 aliphatic heterocycles. The van der Waals surface area contributed by atoms with Crippen LogP contribution in [0.25, 0.3) is 0 Å². The molecule has 1 amide bonds. The van der Waals surface area contributed by atoms with E-state index >= 15 is 0 Å². The fraction of sp³-hybridized carbons (Fsp3) is 0.0833. The normalized spacial score (nSPS) is 10.4. The molecule has 94 valence electrons. The number of thiophene rings is 1. The first-order chi connectivity index (χ1) is 8.47. The van der Waals surface area contributed by atoms with Gasteiger partial charge in [-0.15, -0.1) is 11.3 Å². The van der Waals surface area contributed by atoms with E-state index in [1.165, 1.54) is 17.4 Å². The molecule has 1 N–H and O–H groups in total. The summed E-state index contributed by atoms with van der Waals surface area (Å²) in [4.78, 5) is 12.0. The first-order valence-corrected chi connectivity index (χ1v) is 7.73. The Bertz CT molecular complexity index is 614. The van der Waals surface area contributed by atoms with Gasteiger partial charge in [-0.25, -0.2) is 4.39 Å². The molecule has 1 heterocycles. The summed E-state index contributed by atoms with van der Waals surface area (Å²) in [6.45, 7) is 1.75. The summed E-state index contributed by atoms with van der Waals surface area (Å²) in [5, 5.41) is 4.57. The number of amides is 1. The molecular formula is C12H8BrFINOS. The van der Waals surface area contributed by atoms with Gasteiger partial charge in [0.25, 0.3) is 5.91 Å². The van der Waals surface area contributed by atoms with Crippen molar-refractivity contribution >= 4 is 61.5 Å². The minimum Gasteiger partial charge on any atom is -0.322 e. The molecule has 6 heteroatoms. The molecule has 2 aromatic rings. The Morgan fingerprint density at radius 1 is 1.44 bits per heavy atom. The first kappa shape index (κ1) is 14.0. The van der Waals surface area contributed by atoms with Gasteiger partial charge in [0, 0.05) is 11.1 Å². The Labute approximate surface area is 130 Å². The summed E-state index contributed by atoms with van der Waals surface area (Å²) >= 11 is 6.78. The quantitative estimate of drug-likeness (QED) is 0.668. The van der Waals surface area contributed by atoms with Gasteiger partial charge in [0.2, 0.25) is 0 Å². The van der Waals surface area contributed by atoms with Crippen LogP contribution in [0.4, 0.5) is 10.1 Å². The third-order valence-electron chi connectivity index (χ3n) is 2.35. The number of nitrogens with one attached hydrogen (secondary N) is 1. The highest BCUT2D eigenvalue weighted by atomic mass is 127. The van der Waals surface area contributed by atoms with Crippen LogP contribution in [0.2, 0.25) is 0 Å². The third-order valence-corrected chi connectivity index (χ3v) is 4.74. The standard InChI is InChI=1S/C12H8BrFINOS/c1-6-2-9(14)8(13)4-10(6)16-12(17)7-3-11(15)18-5-7/h2-5H,1H3,(H,16,17). The first-order valence-electron chi connectivity index (χ1n) is 4.98. The molecule has 0 fully saturated rings. The second kappa shape index (κ2) is 5.66. The van der Waals surface area contributed by atoms with Crippen LogP contribution < -0.4 is 5.32 Å². The SMILES string of the molecule is Cc1cc(F)c(Br)cc1NC(=O)c1csc(I)c1. The van der Waals surface area contributed by atoms with Gasteiger partial charge in [0.1, 0.15) is 5.82 Å². The monoisotopic (exact) mass is 439 g/mol. The van der Waals surface area contributed by atoms with Gasteiger partial charge >= 0.3 is 0 Å². The smallest absolute Gasteiger partial charge is 0.256 e. The van der Waals surface area contributed by atoms with E-state index in [1.807, 2.05) is 6.07 Å². The molecule has 0 bridgehead atoms. The van der Waals surface area contributed by atoms with Gasteiger partial charge in [-0.2, -0.15) is 0 Å². The maximum absolute atomic E-state index is 13.3. The van der Waals surface area contributed by atoms with Gasteiger partial charge in [0.15, 0.2) is 0 Å². The number of carbonyl (C=O) groups is 1. The Kier molecular flexibility index (Phi) is 4.39. The predicted octanol–water partition coefficient (Wildman–Crippen LogP) is 4.82. The van der Waals surface area contributed by atoms with E-state index in [4.69, 9.17) is 0 Å². The van der Waals surface area contributed by atoms with E-state index < -0.39 is 0 Å². The lowest BCUT2D eigenvalue weighted by atomic mass is 10.2. The minimum atomic E-state index is -0.337. The largest absolute Gasteiger partial charge is 0.322 e. The molecule has 0 aliphatic rings. The zero-order chi connectivity index (χ0) is 13.3. The van der Waals surface area contributed by atoms with E-state index in [1.54, 1.807) is 18.4 Å². The zero-order valence-corrected chi connectivity index (χ0v) is 13.8. The van der Waals surface area contributed by atoms with Crippen molar-refractivity contribution in [1.29, 1.82) is 0 Å². The van der Waals surface area contributed by atoms with Crippen molar-refractivity contribution in [2.75, 3.05) is 5.32 Å². The molecule has 0 spiro atoms. The number of rotatable bonds is 2. The Morgan fingerprint density at radius 3 is 2.78 bits per heavy atom. The van der Waals surface area contributed by atoms with E-state index in [0.717, 1.165) is 2.88 Å². The predicted molar refractivity (Wildman–Crippen MR) is 83.8 cm³/mol. The fourth-order valence-electron chi connectivity index (χ4n) is 1.40. The van der Waals surface area contributed by atoms with Crippen LogP contribution in [-0.4, -0.2) is 5.91 Å². The average molecular weight is 440 g/mol. The molecule has 0 aliphatic carbocycles. The highest BCUT2D eigenvalue weighted by Gasteiger charge is 2.11. The van der Waals surface area contributed by atoms with Gasteiger partial charge in [-0.1, -0.05) is 0 Å². The van der Waals surface area contributed by atoms with Crippen LogP contribution in [0.3, 0.4) is 0 Å². The van der Waals surface area contributed by atoms with Crippen molar-refractivity contribution in [3.63, 3.8) is 0 Å². The lowest BCUT2D eigenvalue weighted by Gasteiger charge is -2.08. The number of carbonyl (C=O) groups excluding carboxylic acids is 1. The second-order valence-corrected chi connectivity index (χ2v) is 7.33. The molecule has 18 heavy (non-hydrogen) atoms. The van der Waals surface area contributed by atoms with Crippen LogP contribution in [0.15, 0.2) is 28.1 Å². The van der Waals surface area contributed by atoms with Crippen LogP contribution in [0.5, 0.6) is 0 Å². The highest BCUT2D eigenvalue weighted by Crippen LogP contribution is 2.25. The van der Waals surface area contributed by atoms with Crippen molar-refractivity contribution < 1.29 is 9.18 Å². The summed E-state index contributed by atoms with van der Waals surface area (Å²) in [5.41, 5.74) is 1.91. The highest BCUT2D eigenvalue weighted by molar-refractivity contribution is 14.1. The summed E-state index contributed by atoms with van der Waals surface area (Å²) in [7, 11) is 0. The second-order valence-electron chi connectivity index (χ2n) is 3.67. The van der Waals surface area contributed by atoms with E-state index in [2.05, 4.69) is 43.8 Å². The number of halogens is 3. The lowest BCUT2D eigenvalue weighted by molar-refractivity contribution is 0.102. The van der Waals surface area contributed by atoms with Crippen molar-refractivity contribution in [2.24, 2.45) is 0 Å². The maximum Gasteiger partial charge on any atom is 0.256 e. The van der Waals surface area contributed by atoms with Crippen LogP contribution in [0, 0.1) is 15.6 Å². The van der Waals surface area contributed by atoms with Gasteiger partial charge in [-0.05, 0) is 69.2 Å². The van der Waals surface area contributed by atoms with Crippen molar-refractivity contribution in [3.05, 3.63) is 47.9 Å². The Hall–Kier alpha value is -0.470. The number of hydrogen-bond donors (Lipinski definition) is 1. The average Bonchev–Trinajstić information content (AvgIpc) is 2.73. The van der Waals surface area contributed by atoms with Crippen molar-refractivity contribution in [3.8, 4) is 0 Å². The molecular weight excluding hydrogens is 432 g/mol. The summed E-state index contributed by atoms with van der Waals surface area (Å²) in [6, 6.07) is 4.77. The summed E-state index contributed by atoms with van der Waals surface area (Å²) in [6.07, 6.45) is 0. The molecule has 0 radical (unpaired) electrons. The minimum absolute atomic E-state index is 0.184. The van der Waals surface area contributed by atoms with Crippen molar-refractivity contribution in [1.82, 2.24) is 0 Å². The van der Waals surface area contributed by atoms with E-state index in [9.17, 15) is 9.18 Å². The Morgan fingerprint density at radius 2 is 2.17 bits per heavy atom. The van der Waals surface area contributed by atoms with Crippen molar-refractivity contribution in [2.45, 2.75) is 6.92 Å². The molecule has 0 unspecified atom stereocenters.